The number of ether oxygens (including phenoxy) is 1. The predicted octanol–water partition coefficient (Wildman–Crippen LogP) is 4.73. The van der Waals surface area contributed by atoms with Crippen molar-refractivity contribution >= 4 is 5.97 Å². The zero-order chi connectivity index (χ0) is 17.1. The lowest BCUT2D eigenvalue weighted by Gasteiger charge is -2.37. The highest BCUT2D eigenvalue weighted by Gasteiger charge is 2.37. The van der Waals surface area contributed by atoms with E-state index in [0.29, 0.717) is 6.42 Å². The van der Waals surface area contributed by atoms with E-state index in [2.05, 4.69) is 24.0 Å². The number of nitrogens with one attached hydrogen (secondary N) is 1. The number of carbonyl (C=O) groups is 1. The van der Waals surface area contributed by atoms with Gasteiger partial charge in [-0.25, -0.2) is 0 Å². The summed E-state index contributed by atoms with van der Waals surface area (Å²) in [5.74, 6) is -0.0492. The summed E-state index contributed by atoms with van der Waals surface area (Å²) in [7, 11) is 0. The summed E-state index contributed by atoms with van der Waals surface area (Å²) in [5.41, 5.74) is 0.692. The number of unbranched alkanes of at least 4 members (excludes halogenated alkanes) is 5. The maximum Gasteiger partial charge on any atom is 0.306 e. The molecule has 1 fully saturated rings. The molecular formula is C21H31NO2. The van der Waals surface area contributed by atoms with Gasteiger partial charge in [-0.1, -0.05) is 55.7 Å². The molecule has 0 unspecified atom stereocenters. The van der Waals surface area contributed by atoms with E-state index in [4.69, 9.17) is 4.74 Å². The van der Waals surface area contributed by atoms with Crippen LogP contribution in [0.3, 0.4) is 0 Å². The van der Waals surface area contributed by atoms with Crippen LogP contribution >= 0.6 is 0 Å². The van der Waals surface area contributed by atoms with Crippen molar-refractivity contribution < 1.29 is 9.53 Å². The van der Waals surface area contributed by atoms with Gasteiger partial charge in [0.1, 0.15) is 5.60 Å². The summed E-state index contributed by atoms with van der Waals surface area (Å²) in [6.45, 7) is 5.53. The van der Waals surface area contributed by atoms with E-state index in [1.807, 2.05) is 24.3 Å². The fraction of sp³-hybridized carbons (Fsp3) is 0.571. The molecule has 132 valence electrons. The van der Waals surface area contributed by atoms with E-state index < -0.39 is 5.60 Å². The third-order valence-corrected chi connectivity index (χ3v) is 4.81. The van der Waals surface area contributed by atoms with Crippen LogP contribution in [0.1, 0.15) is 63.4 Å². The number of allylic oxidation sites excluding steroid dienone is 1. The first-order valence-electron chi connectivity index (χ1n) is 9.36. The van der Waals surface area contributed by atoms with Crippen LogP contribution in [0.4, 0.5) is 0 Å². The van der Waals surface area contributed by atoms with Gasteiger partial charge in [0.15, 0.2) is 0 Å². The van der Waals surface area contributed by atoms with Crippen LogP contribution in [-0.4, -0.2) is 19.1 Å². The number of hydrogen-bond acceptors (Lipinski definition) is 3. The summed E-state index contributed by atoms with van der Waals surface area (Å²) in [6.07, 6.45) is 10.9. The van der Waals surface area contributed by atoms with Gasteiger partial charge in [-0.2, -0.15) is 0 Å². The Labute approximate surface area is 146 Å². The summed E-state index contributed by atoms with van der Waals surface area (Å²) in [5, 5.41) is 3.36. The van der Waals surface area contributed by atoms with Crippen LogP contribution in [0.2, 0.25) is 0 Å². The Morgan fingerprint density at radius 2 is 1.75 bits per heavy atom. The molecule has 24 heavy (non-hydrogen) atoms. The number of piperidine rings is 1. The molecule has 0 saturated carbocycles. The highest BCUT2D eigenvalue weighted by atomic mass is 16.6. The number of benzene rings is 1. The van der Waals surface area contributed by atoms with Crippen LogP contribution in [0.15, 0.2) is 43.0 Å². The molecule has 3 heteroatoms. The maximum atomic E-state index is 12.4. The summed E-state index contributed by atoms with van der Waals surface area (Å²) in [4.78, 5) is 12.4. The van der Waals surface area contributed by atoms with Gasteiger partial charge in [-0.3, -0.25) is 4.79 Å². The van der Waals surface area contributed by atoms with Crippen molar-refractivity contribution in [2.75, 3.05) is 13.1 Å². The first-order chi connectivity index (χ1) is 11.8. The SMILES string of the molecule is C=CCCCCCCCC(=O)OC1(c2ccccc2)CCNCC1. The molecule has 3 nitrogen and oxygen atoms in total. The molecule has 1 saturated heterocycles. The predicted molar refractivity (Wildman–Crippen MR) is 98.8 cm³/mol. The van der Waals surface area contributed by atoms with Crippen LogP contribution in [-0.2, 0) is 15.1 Å². The normalized spacial score (nSPS) is 16.5. The average Bonchev–Trinajstić information content (AvgIpc) is 2.62. The molecule has 0 amide bonds. The monoisotopic (exact) mass is 329 g/mol. The van der Waals surface area contributed by atoms with Crippen LogP contribution in [0.5, 0.6) is 0 Å². The van der Waals surface area contributed by atoms with Gasteiger partial charge in [0.25, 0.3) is 0 Å². The molecule has 1 heterocycles. The first kappa shape index (κ1) is 18.7. The van der Waals surface area contributed by atoms with Gasteiger partial charge >= 0.3 is 5.97 Å². The van der Waals surface area contributed by atoms with Crippen molar-refractivity contribution in [3.8, 4) is 0 Å². The Balaban J connectivity index is 1.80. The molecule has 0 spiro atoms. The lowest BCUT2D eigenvalue weighted by molar-refractivity contribution is -0.164. The number of rotatable bonds is 10. The van der Waals surface area contributed by atoms with Crippen molar-refractivity contribution in [3.05, 3.63) is 48.6 Å². The van der Waals surface area contributed by atoms with E-state index in [1.165, 1.54) is 19.3 Å². The van der Waals surface area contributed by atoms with Gasteiger partial charge in [0.2, 0.25) is 0 Å². The smallest absolute Gasteiger partial charge is 0.306 e. The highest BCUT2D eigenvalue weighted by molar-refractivity contribution is 5.70. The third-order valence-electron chi connectivity index (χ3n) is 4.81. The molecule has 0 aliphatic carbocycles. The highest BCUT2D eigenvalue weighted by Crippen LogP contribution is 2.35. The molecule has 0 aromatic heterocycles. The molecule has 1 N–H and O–H groups in total. The van der Waals surface area contributed by atoms with E-state index in [1.54, 1.807) is 0 Å². The summed E-state index contributed by atoms with van der Waals surface area (Å²) >= 11 is 0. The van der Waals surface area contributed by atoms with Gasteiger partial charge in [-0.05, 0) is 37.9 Å². The largest absolute Gasteiger partial charge is 0.454 e. The number of esters is 1. The standard InChI is InChI=1S/C21H31NO2/c1-2-3-4-5-6-7-11-14-20(23)24-21(15-17-22-18-16-21)19-12-9-8-10-13-19/h2,8-10,12-13,22H,1,3-7,11,14-18H2. The van der Waals surface area contributed by atoms with Crippen molar-refractivity contribution in [2.24, 2.45) is 0 Å². The van der Waals surface area contributed by atoms with Crippen molar-refractivity contribution in [1.82, 2.24) is 5.32 Å². The minimum absolute atomic E-state index is 0.0492. The molecule has 0 bridgehead atoms. The number of hydrogen-bond donors (Lipinski definition) is 1. The van der Waals surface area contributed by atoms with E-state index in [-0.39, 0.29) is 5.97 Å². The molecule has 0 radical (unpaired) electrons. The van der Waals surface area contributed by atoms with Crippen LogP contribution in [0, 0.1) is 0 Å². The van der Waals surface area contributed by atoms with Gasteiger partial charge in [0.05, 0.1) is 0 Å². The minimum atomic E-state index is -0.437. The Hall–Kier alpha value is -1.61. The quantitative estimate of drug-likeness (QED) is 0.383. The lowest BCUT2D eigenvalue weighted by Crippen LogP contribution is -2.43. The van der Waals surface area contributed by atoms with E-state index in [9.17, 15) is 4.79 Å². The minimum Gasteiger partial charge on any atom is -0.454 e. The fourth-order valence-electron chi connectivity index (χ4n) is 3.38. The van der Waals surface area contributed by atoms with Crippen molar-refractivity contribution in [1.29, 1.82) is 0 Å². The van der Waals surface area contributed by atoms with Gasteiger partial charge in [0, 0.05) is 19.3 Å². The van der Waals surface area contributed by atoms with Crippen LogP contribution < -0.4 is 5.32 Å². The topological polar surface area (TPSA) is 38.3 Å². The molecule has 1 aromatic carbocycles. The zero-order valence-corrected chi connectivity index (χ0v) is 14.8. The second-order valence-electron chi connectivity index (χ2n) is 6.68. The average molecular weight is 329 g/mol. The Kier molecular flexibility index (Phi) is 8.03. The second kappa shape index (κ2) is 10.3. The van der Waals surface area contributed by atoms with Crippen molar-refractivity contribution in [2.45, 2.75) is 63.4 Å². The fourth-order valence-corrected chi connectivity index (χ4v) is 3.38. The molecule has 0 atom stereocenters. The zero-order valence-electron chi connectivity index (χ0n) is 14.8. The Morgan fingerprint density at radius 1 is 1.08 bits per heavy atom. The molecule has 1 aliphatic rings. The van der Waals surface area contributed by atoms with Gasteiger partial charge in [-0.15, -0.1) is 6.58 Å². The van der Waals surface area contributed by atoms with Crippen molar-refractivity contribution in [3.63, 3.8) is 0 Å². The number of carbonyl (C=O) groups excluding carboxylic acids is 1. The molecular weight excluding hydrogens is 298 g/mol. The molecule has 2 rings (SSSR count). The van der Waals surface area contributed by atoms with E-state index >= 15 is 0 Å². The lowest BCUT2D eigenvalue weighted by atomic mass is 9.84. The summed E-state index contributed by atoms with van der Waals surface area (Å²) in [6, 6.07) is 10.2. The van der Waals surface area contributed by atoms with Gasteiger partial charge < -0.3 is 10.1 Å². The van der Waals surface area contributed by atoms with Crippen LogP contribution in [0.25, 0.3) is 0 Å². The van der Waals surface area contributed by atoms with E-state index in [0.717, 1.165) is 50.8 Å². The third kappa shape index (κ3) is 5.79. The first-order valence-corrected chi connectivity index (χ1v) is 9.36. The summed E-state index contributed by atoms with van der Waals surface area (Å²) < 4.78 is 6.02. The molecule has 1 aromatic rings. The Bertz CT molecular complexity index is 492. The Morgan fingerprint density at radius 3 is 2.46 bits per heavy atom. The second-order valence-corrected chi connectivity index (χ2v) is 6.68. The molecule has 1 aliphatic heterocycles. The maximum absolute atomic E-state index is 12.4.